The molecule has 0 bridgehead atoms. The molecule has 182 valence electrons. The number of ether oxygens (including phenoxy) is 1. The van der Waals surface area contributed by atoms with E-state index in [4.69, 9.17) is 9.72 Å². The topological polar surface area (TPSA) is 56.1 Å². The van der Waals surface area contributed by atoms with Crippen LogP contribution in [0.3, 0.4) is 0 Å². The summed E-state index contributed by atoms with van der Waals surface area (Å²) in [5, 5.41) is 2.81. The van der Waals surface area contributed by atoms with E-state index >= 15 is 0 Å². The van der Waals surface area contributed by atoms with Crippen LogP contribution in [0.25, 0.3) is 11.0 Å². The van der Waals surface area contributed by atoms with Gasteiger partial charge in [0.15, 0.2) is 0 Å². The van der Waals surface area contributed by atoms with E-state index in [2.05, 4.69) is 48.0 Å². The van der Waals surface area contributed by atoms with E-state index in [1.165, 1.54) is 17.7 Å². The summed E-state index contributed by atoms with van der Waals surface area (Å²) in [7, 11) is 0. The second-order valence-corrected chi connectivity index (χ2v) is 8.83. The smallest absolute Gasteiger partial charge is 0.254 e. The molecule has 4 aromatic rings. The quantitative estimate of drug-likeness (QED) is 0.271. The Bertz CT molecular complexity index is 1300. The van der Waals surface area contributed by atoms with Gasteiger partial charge in [-0.25, -0.2) is 9.37 Å². The molecule has 1 heterocycles. The van der Waals surface area contributed by atoms with Gasteiger partial charge in [-0.15, -0.1) is 0 Å². The van der Waals surface area contributed by atoms with Crippen molar-refractivity contribution in [1.29, 1.82) is 0 Å². The molecule has 0 saturated carbocycles. The third-order valence-electron chi connectivity index (χ3n) is 6.09. The van der Waals surface area contributed by atoms with Crippen molar-refractivity contribution in [2.24, 2.45) is 0 Å². The molecular formula is C29H32FN3O2. The van der Waals surface area contributed by atoms with Gasteiger partial charge in [-0.3, -0.25) is 4.79 Å². The zero-order valence-electron chi connectivity index (χ0n) is 20.4. The third kappa shape index (κ3) is 6.27. The first-order chi connectivity index (χ1) is 17.0. The first-order valence-electron chi connectivity index (χ1n) is 12.2. The molecule has 3 aromatic carbocycles. The van der Waals surface area contributed by atoms with Crippen molar-refractivity contribution >= 4 is 16.9 Å². The Kier molecular flexibility index (Phi) is 8.14. The number of aromatic nitrogens is 2. The number of hydrogen-bond donors (Lipinski definition) is 1. The largest absolute Gasteiger partial charge is 0.493 e. The molecule has 0 radical (unpaired) electrons. The highest BCUT2D eigenvalue weighted by atomic mass is 19.1. The van der Waals surface area contributed by atoms with E-state index in [-0.39, 0.29) is 11.5 Å². The van der Waals surface area contributed by atoms with Crippen molar-refractivity contribution in [2.45, 2.75) is 46.1 Å². The predicted molar refractivity (Wildman–Crippen MR) is 137 cm³/mol. The lowest BCUT2D eigenvalue weighted by Gasteiger charge is -2.12. The molecule has 1 aromatic heterocycles. The summed E-state index contributed by atoms with van der Waals surface area (Å²) < 4.78 is 22.1. The van der Waals surface area contributed by atoms with Gasteiger partial charge in [-0.1, -0.05) is 36.4 Å². The maximum absolute atomic E-state index is 13.8. The summed E-state index contributed by atoms with van der Waals surface area (Å²) >= 11 is 0. The number of hydrogen-bond acceptors (Lipinski definition) is 3. The summed E-state index contributed by atoms with van der Waals surface area (Å²) in [5.41, 5.74) is 4.52. The van der Waals surface area contributed by atoms with Crippen LogP contribution in [-0.2, 0) is 13.0 Å². The average molecular weight is 474 g/mol. The summed E-state index contributed by atoms with van der Waals surface area (Å²) in [6.45, 7) is 6.13. The highest BCUT2D eigenvalue weighted by Crippen LogP contribution is 2.21. The lowest BCUT2D eigenvalue weighted by molar-refractivity contribution is 0.0949. The molecular weight excluding hydrogens is 441 g/mol. The number of para-hydroxylation sites is 2. The van der Waals surface area contributed by atoms with Crippen molar-refractivity contribution in [3.8, 4) is 5.75 Å². The Morgan fingerprint density at radius 2 is 1.80 bits per heavy atom. The van der Waals surface area contributed by atoms with Crippen molar-refractivity contribution in [3.63, 3.8) is 0 Å². The van der Waals surface area contributed by atoms with Crippen LogP contribution in [0.1, 0.15) is 46.6 Å². The highest BCUT2D eigenvalue weighted by Gasteiger charge is 2.12. The van der Waals surface area contributed by atoms with Crippen LogP contribution in [0.2, 0.25) is 0 Å². The molecule has 0 saturated heterocycles. The number of carbonyl (C=O) groups is 1. The van der Waals surface area contributed by atoms with Crippen molar-refractivity contribution < 1.29 is 13.9 Å². The van der Waals surface area contributed by atoms with Crippen molar-refractivity contribution in [2.75, 3.05) is 13.2 Å². The van der Waals surface area contributed by atoms with Gasteiger partial charge in [0.05, 0.1) is 23.2 Å². The fourth-order valence-corrected chi connectivity index (χ4v) is 4.17. The van der Waals surface area contributed by atoms with E-state index in [0.29, 0.717) is 13.2 Å². The van der Waals surface area contributed by atoms with Gasteiger partial charge in [0.1, 0.15) is 17.4 Å². The van der Waals surface area contributed by atoms with Crippen molar-refractivity contribution in [3.05, 3.63) is 95.1 Å². The Morgan fingerprint density at radius 3 is 2.66 bits per heavy atom. The van der Waals surface area contributed by atoms with Gasteiger partial charge in [0, 0.05) is 19.5 Å². The number of imidazole rings is 1. The number of aryl methyl sites for hydroxylation is 4. The molecule has 35 heavy (non-hydrogen) atoms. The molecule has 0 aliphatic heterocycles. The Labute approximate surface area is 206 Å². The van der Waals surface area contributed by atoms with Gasteiger partial charge < -0.3 is 14.6 Å². The average Bonchev–Trinajstić information content (AvgIpc) is 3.21. The maximum atomic E-state index is 13.8. The molecule has 0 fully saturated rings. The molecule has 1 N–H and O–H groups in total. The number of carbonyl (C=O) groups excluding carboxylic acids is 1. The lowest BCUT2D eigenvalue weighted by atomic mass is 10.1. The standard InChI is InChI=1S/C29H32FN3O2/c1-21-15-16-22(2)27(20-21)35-19-8-7-18-33-26-13-6-5-12-25(26)32-28(33)14-9-17-31-29(34)23-10-3-4-11-24(23)30/h3-6,10-13,15-16,20H,7-9,14,17-19H2,1-2H3,(H,31,34). The van der Waals surface area contributed by atoms with Crippen LogP contribution < -0.4 is 10.1 Å². The number of amides is 1. The zero-order chi connectivity index (χ0) is 24.6. The van der Waals surface area contributed by atoms with Gasteiger partial charge in [-0.2, -0.15) is 0 Å². The minimum atomic E-state index is -0.506. The molecule has 5 nitrogen and oxygen atoms in total. The highest BCUT2D eigenvalue weighted by molar-refractivity contribution is 5.94. The van der Waals surface area contributed by atoms with E-state index in [0.717, 1.165) is 60.4 Å². The Morgan fingerprint density at radius 1 is 1.00 bits per heavy atom. The van der Waals surface area contributed by atoms with E-state index in [9.17, 15) is 9.18 Å². The number of unbranched alkanes of at least 4 members (excludes halogenated alkanes) is 1. The summed E-state index contributed by atoms with van der Waals surface area (Å²) in [6, 6.07) is 20.4. The van der Waals surface area contributed by atoms with E-state index in [1.807, 2.05) is 18.2 Å². The monoisotopic (exact) mass is 473 g/mol. The van der Waals surface area contributed by atoms with Crippen LogP contribution in [0.5, 0.6) is 5.75 Å². The predicted octanol–water partition coefficient (Wildman–Crippen LogP) is 6.01. The number of benzene rings is 3. The van der Waals surface area contributed by atoms with Gasteiger partial charge in [0.2, 0.25) is 0 Å². The normalized spacial score (nSPS) is 11.1. The molecule has 0 aliphatic carbocycles. The number of nitrogens with zero attached hydrogens (tertiary/aromatic N) is 2. The Balaban J connectivity index is 1.30. The first-order valence-corrected chi connectivity index (χ1v) is 12.2. The molecule has 6 heteroatoms. The molecule has 4 rings (SSSR count). The summed E-state index contributed by atoms with van der Waals surface area (Å²) in [6.07, 6.45) is 3.37. The number of nitrogens with one attached hydrogen (secondary N) is 1. The summed E-state index contributed by atoms with van der Waals surface area (Å²) in [5.74, 6) is 1.06. The summed E-state index contributed by atoms with van der Waals surface area (Å²) in [4.78, 5) is 17.1. The third-order valence-corrected chi connectivity index (χ3v) is 6.09. The maximum Gasteiger partial charge on any atom is 0.254 e. The SMILES string of the molecule is Cc1ccc(C)c(OCCCCn2c(CCCNC(=O)c3ccccc3F)nc3ccccc32)c1. The van der Waals surface area contributed by atoms with Crippen molar-refractivity contribution in [1.82, 2.24) is 14.9 Å². The Hall–Kier alpha value is -3.67. The lowest BCUT2D eigenvalue weighted by Crippen LogP contribution is -2.25. The molecule has 1 amide bonds. The van der Waals surface area contributed by atoms with Crippen LogP contribution in [0.15, 0.2) is 66.7 Å². The molecule has 0 spiro atoms. The van der Waals surface area contributed by atoms with Crippen LogP contribution >= 0.6 is 0 Å². The number of fused-ring (bicyclic) bond motifs is 1. The second-order valence-electron chi connectivity index (χ2n) is 8.83. The first kappa shape index (κ1) is 24.5. The van der Waals surface area contributed by atoms with Crippen LogP contribution in [0, 0.1) is 19.7 Å². The van der Waals surface area contributed by atoms with Gasteiger partial charge >= 0.3 is 0 Å². The fourth-order valence-electron chi connectivity index (χ4n) is 4.17. The minimum absolute atomic E-state index is 0.0721. The van der Waals surface area contributed by atoms with E-state index < -0.39 is 5.82 Å². The van der Waals surface area contributed by atoms with Gasteiger partial charge in [0.25, 0.3) is 5.91 Å². The molecule has 0 atom stereocenters. The molecule has 0 unspecified atom stereocenters. The van der Waals surface area contributed by atoms with Gasteiger partial charge in [-0.05, 0) is 74.6 Å². The number of rotatable bonds is 11. The van der Waals surface area contributed by atoms with E-state index in [1.54, 1.807) is 12.1 Å². The van der Waals surface area contributed by atoms with Crippen LogP contribution in [-0.4, -0.2) is 28.6 Å². The molecule has 0 aliphatic rings. The zero-order valence-corrected chi connectivity index (χ0v) is 20.4. The van der Waals surface area contributed by atoms with Crippen LogP contribution in [0.4, 0.5) is 4.39 Å². The fraction of sp³-hybridized carbons (Fsp3) is 0.310. The second kappa shape index (κ2) is 11.6. The number of halogens is 1. The minimum Gasteiger partial charge on any atom is -0.493 e.